The zero-order valence-electron chi connectivity index (χ0n) is 20.9. The number of carbonyl (C=O) groups is 2. The minimum atomic E-state index is -5.08. The first-order valence-corrected chi connectivity index (χ1v) is 11.8. The van der Waals surface area contributed by atoms with Crippen molar-refractivity contribution in [3.8, 4) is 5.75 Å². The maximum atomic E-state index is 12.6. The molecule has 0 bridgehead atoms. The summed E-state index contributed by atoms with van der Waals surface area (Å²) in [5.74, 6) is -1.52. The smallest absolute Gasteiger partial charge is 0.490 e. The Morgan fingerprint density at radius 3 is 2.30 bits per heavy atom. The lowest BCUT2D eigenvalue weighted by atomic mass is 9.93. The molecule has 1 aliphatic rings. The molecule has 1 N–H and O–H groups in total. The number of hydrogen-bond donors (Lipinski definition) is 1. The quantitative estimate of drug-likeness (QED) is 0.526. The highest BCUT2D eigenvalue weighted by atomic mass is 19.4. The van der Waals surface area contributed by atoms with Gasteiger partial charge in [-0.1, -0.05) is 12.1 Å². The third-order valence-corrected chi connectivity index (χ3v) is 6.30. The number of carboxylic acids is 1. The van der Waals surface area contributed by atoms with E-state index in [9.17, 15) is 18.0 Å². The van der Waals surface area contributed by atoms with Crippen molar-refractivity contribution in [2.45, 2.75) is 38.4 Å². The van der Waals surface area contributed by atoms with Crippen LogP contribution in [0.4, 0.5) is 13.2 Å². The lowest BCUT2D eigenvalue weighted by Gasteiger charge is -2.32. The molecule has 12 heteroatoms. The average Bonchev–Trinajstić information content (AvgIpc) is 3.33. The predicted octanol–water partition coefficient (Wildman–Crippen LogP) is 3.84. The molecule has 0 aliphatic carbocycles. The second kappa shape index (κ2) is 12.0. The molecule has 1 amide bonds. The molecular weight excluding hydrogens is 491 g/mol. The SMILES string of the molecule is CCN(C)C(=O)c1ncn2c(C3CCN(Cc4ccc(OC)cc4)CC3)ccnc12.O=C(O)C(F)(F)F. The van der Waals surface area contributed by atoms with Crippen LogP contribution in [-0.2, 0) is 11.3 Å². The monoisotopic (exact) mass is 521 g/mol. The highest BCUT2D eigenvalue weighted by molar-refractivity contribution is 5.97. The van der Waals surface area contributed by atoms with E-state index in [0.717, 1.165) is 38.2 Å². The van der Waals surface area contributed by atoms with Gasteiger partial charge in [-0.2, -0.15) is 13.2 Å². The van der Waals surface area contributed by atoms with Crippen molar-refractivity contribution in [3.63, 3.8) is 0 Å². The van der Waals surface area contributed by atoms with Gasteiger partial charge in [-0.05, 0) is 56.6 Å². The number of carbonyl (C=O) groups excluding carboxylic acids is 1. The van der Waals surface area contributed by atoms with Crippen LogP contribution in [-0.4, -0.2) is 81.1 Å². The number of aromatic nitrogens is 3. The summed E-state index contributed by atoms with van der Waals surface area (Å²) < 4.78 is 39.0. The molecule has 1 aromatic carbocycles. The van der Waals surface area contributed by atoms with Crippen molar-refractivity contribution in [1.82, 2.24) is 24.2 Å². The summed E-state index contributed by atoms with van der Waals surface area (Å²) in [6.45, 7) is 5.63. The molecule has 0 spiro atoms. The fourth-order valence-electron chi connectivity index (χ4n) is 4.10. The Morgan fingerprint density at radius 2 is 1.76 bits per heavy atom. The predicted molar refractivity (Wildman–Crippen MR) is 130 cm³/mol. The number of fused-ring (bicyclic) bond motifs is 1. The number of halogens is 3. The van der Waals surface area contributed by atoms with Crippen LogP contribution in [0.1, 0.15) is 47.4 Å². The van der Waals surface area contributed by atoms with Crippen molar-refractivity contribution in [1.29, 1.82) is 0 Å². The molecule has 1 aliphatic heterocycles. The second-order valence-corrected chi connectivity index (χ2v) is 8.68. The fourth-order valence-corrected chi connectivity index (χ4v) is 4.10. The maximum Gasteiger partial charge on any atom is 0.490 e. The number of nitrogens with zero attached hydrogens (tertiary/aromatic N) is 5. The van der Waals surface area contributed by atoms with Gasteiger partial charge >= 0.3 is 12.1 Å². The van der Waals surface area contributed by atoms with E-state index in [1.54, 1.807) is 31.6 Å². The molecule has 0 unspecified atom stereocenters. The molecule has 200 valence electrons. The van der Waals surface area contributed by atoms with Gasteiger partial charge in [0.1, 0.15) is 12.1 Å². The van der Waals surface area contributed by atoms with Crippen LogP contribution in [0.15, 0.2) is 42.9 Å². The Labute approximate surface area is 212 Å². The number of benzene rings is 1. The Balaban J connectivity index is 0.000000479. The van der Waals surface area contributed by atoms with E-state index in [-0.39, 0.29) is 5.91 Å². The van der Waals surface area contributed by atoms with E-state index in [2.05, 4.69) is 33.1 Å². The van der Waals surface area contributed by atoms with Gasteiger partial charge in [0.05, 0.1) is 7.11 Å². The normalized spacial score (nSPS) is 14.6. The van der Waals surface area contributed by atoms with E-state index in [1.165, 1.54) is 11.3 Å². The van der Waals surface area contributed by atoms with Crippen molar-refractivity contribution in [3.05, 3.63) is 59.8 Å². The maximum absolute atomic E-state index is 12.6. The second-order valence-electron chi connectivity index (χ2n) is 8.68. The number of rotatable bonds is 6. The van der Waals surface area contributed by atoms with E-state index in [4.69, 9.17) is 14.6 Å². The first-order valence-electron chi connectivity index (χ1n) is 11.8. The molecule has 3 heterocycles. The number of alkyl halides is 3. The van der Waals surface area contributed by atoms with Crippen molar-refractivity contribution in [2.75, 3.05) is 33.8 Å². The number of imidazole rings is 1. The number of likely N-dealkylation sites (tertiary alicyclic amines) is 1. The molecule has 37 heavy (non-hydrogen) atoms. The number of methoxy groups -OCH3 is 1. The first-order chi connectivity index (χ1) is 17.5. The zero-order valence-corrected chi connectivity index (χ0v) is 20.9. The van der Waals surface area contributed by atoms with E-state index >= 15 is 0 Å². The lowest BCUT2D eigenvalue weighted by Crippen LogP contribution is -2.33. The molecule has 0 radical (unpaired) electrons. The van der Waals surface area contributed by atoms with Crippen molar-refractivity contribution < 1.29 is 32.6 Å². The minimum absolute atomic E-state index is 0.0843. The highest BCUT2D eigenvalue weighted by Gasteiger charge is 2.38. The number of ether oxygens (including phenoxy) is 1. The summed E-state index contributed by atoms with van der Waals surface area (Å²) in [5.41, 5.74) is 3.57. The van der Waals surface area contributed by atoms with Crippen LogP contribution in [0, 0.1) is 0 Å². The molecule has 1 fully saturated rings. The van der Waals surface area contributed by atoms with E-state index < -0.39 is 12.1 Å². The molecular formula is C25H30F3N5O4. The summed E-state index contributed by atoms with van der Waals surface area (Å²) in [4.78, 5) is 34.5. The summed E-state index contributed by atoms with van der Waals surface area (Å²) >= 11 is 0. The van der Waals surface area contributed by atoms with Crippen LogP contribution >= 0.6 is 0 Å². The molecule has 3 aromatic rings. The number of aliphatic carboxylic acids is 1. The Morgan fingerprint density at radius 1 is 1.14 bits per heavy atom. The topological polar surface area (TPSA) is 100 Å². The van der Waals surface area contributed by atoms with Gasteiger partial charge in [0, 0.05) is 37.9 Å². The summed E-state index contributed by atoms with van der Waals surface area (Å²) in [6.07, 6.45) is 0.619. The lowest BCUT2D eigenvalue weighted by molar-refractivity contribution is -0.192. The summed E-state index contributed by atoms with van der Waals surface area (Å²) in [6, 6.07) is 10.4. The van der Waals surface area contributed by atoms with E-state index in [1.807, 2.05) is 23.5 Å². The van der Waals surface area contributed by atoms with Crippen LogP contribution < -0.4 is 4.74 Å². The zero-order chi connectivity index (χ0) is 27.2. The number of amides is 1. The van der Waals surface area contributed by atoms with Gasteiger partial charge in [0.15, 0.2) is 11.3 Å². The van der Waals surface area contributed by atoms with Crippen LogP contribution in [0.25, 0.3) is 5.65 Å². The molecule has 4 rings (SSSR count). The Bertz CT molecular complexity index is 1210. The Kier molecular flexibility index (Phi) is 9.09. The standard InChI is InChI=1S/C23H29N5O2.C2HF3O2/c1-4-26(2)23(29)21-22-24-12-9-20(28(22)16-25-21)18-10-13-27(14-11-18)15-17-5-7-19(30-3)8-6-17;3-2(4,5)1(6)7/h5-9,12,16,18H,4,10-11,13-15H2,1-3H3;(H,6,7). The summed E-state index contributed by atoms with van der Waals surface area (Å²) in [5, 5.41) is 7.12. The molecule has 9 nitrogen and oxygen atoms in total. The highest BCUT2D eigenvalue weighted by Crippen LogP contribution is 2.29. The third-order valence-electron chi connectivity index (χ3n) is 6.30. The third kappa shape index (κ3) is 6.97. The van der Waals surface area contributed by atoms with Gasteiger partial charge < -0.3 is 14.7 Å². The molecule has 0 atom stereocenters. The largest absolute Gasteiger partial charge is 0.497 e. The van der Waals surface area contributed by atoms with Gasteiger partial charge in [0.2, 0.25) is 0 Å². The van der Waals surface area contributed by atoms with Gasteiger partial charge in [-0.3, -0.25) is 14.1 Å². The van der Waals surface area contributed by atoms with Gasteiger partial charge in [-0.15, -0.1) is 0 Å². The summed E-state index contributed by atoms with van der Waals surface area (Å²) in [7, 11) is 3.48. The molecule has 0 saturated carbocycles. The Hall–Kier alpha value is -3.67. The van der Waals surface area contributed by atoms with E-state index in [0.29, 0.717) is 23.8 Å². The van der Waals surface area contributed by atoms with Crippen LogP contribution in [0.2, 0.25) is 0 Å². The van der Waals surface area contributed by atoms with Gasteiger partial charge in [0.25, 0.3) is 5.91 Å². The molecule has 2 aromatic heterocycles. The minimum Gasteiger partial charge on any atom is -0.497 e. The fraction of sp³-hybridized carbons (Fsp3) is 0.440. The van der Waals surface area contributed by atoms with Crippen LogP contribution in [0.5, 0.6) is 5.75 Å². The van der Waals surface area contributed by atoms with Crippen LogP contribution in [0.3, 0.4) is 0 Å². The first kappa shape index (κ1) is 27.9. The number of carboxylic acid groups (broad SMARTS) is 1. The van der Waals surface area contributed by atoms with Crippen molar-refractivity contribution >= 4 is 17.5 Å². The number of hydrogen-bond acceptors (Lipinski definition) is 6. The number of piperidine rings is 1. The average molecular weight is 522 g/mol. The molecule has 1 saturated heterocycles. The van der Waals surface area contributed by atoms with Gasteiger partial charge in [-0.25, -0.2) is 14.8 Å². The van der Waals surface area contributed by atoms with Crippen molar-refractivity contribution in [2.24, 2.45) is 0 Å².